The van der Waals surface area contributed by atoms with E-state index in [9.17, 15) is 14.4 Å². The molecule has 0 aliphatic carbocycles. The van der Waals surface area contributed by atoms with E-state index < -0.39 is 29.4 Å². The molecule has 27 heavy (non-hydrogen) atoms. The Bertz CT molecular complexity index is 768. The van der Waals surface area contributed by atoms with Crippen LogP contribution in [0.15, 0.2) is 24.3 Å². The van der Waals surface area contributed by atoms with Crippen molar-refractivity contribution in [3.63, 3.8) is 0 Å². The number of likely N-dealkylation sites (tertiary alicyclic amines) is 1. The van der Waals surface area contributed by atoms with Gasteiger partial charge in [-0.25, -0.2) is 0 Å². The summed E-state index contributed by atoms with van der Waals surface area (Å²) in [7, 11) is 1.33. The molecule has 2 aliphatic rings. The minimum atomic E-state index is -1.19. The predicted molar refractivity (Wildman–Crippen MR) is 104 cm³/mol. The van der Waals surface area contributed by atoms with Gasteiger partial charge in [-0.3, -0.25) is 24.6 Å². The van der Waals surface area contributed by atoms with Gasteiger partial charge in [-0.15, -0.1) is 0 Å². The highest BCUT2D eigenvalue weighted by atomic mass is 32.2. The van der Waals surface area contributed by atoms with E-state index in [2.05, 4.69) is 5.32 Å². The summed E-state index contributed by atoms with van der Waals surface area (Å²) in [4.78, 5) is 40.5. The van der Waals surface area contributed by atoms with Crippen LogP contribution in [0.5, 0.6) is 0 Å². The smallest absolute Gasteiger partial charge is 0.326 e. The fourth-order valence-electron chi connectivity index (χ4n) is 4.54. The van der Waals surface area contributed by atoms with Crippen LogP contribution in [0.1, 0.15) is 30.5 Å². The Morgan fingerprint density at radius 3 is 2.59 bits per heavy atom. The number of hydrogen-bond donors (Lipinski definition) is 1. The standard InChI is InChI=1S/C20H26N2O4S/c1-5-22-17(23)14-15(18(22)24)20(10-11-27-4,19(25)26-3)21-16(14)13-9-7-6-8-12(13)2/h6-9,14-16,21H,5,10-11H2,1-4H3. The number of carbonyl (C=O) groups is 3. The van der Waals surface area contributed by atoms with Crippen molar-refractivity contribution in [3.05, 3.63) is 35.4 Å². The molecule has 1 aromatic carbocycles. The second kappa shape index (κ2) is 7.64. The molecule has 3 rings (SSSR count). The van der Waals surface area contributed by atoms with Gasteiger partial charge in [0, 0.05) is 12.6 Å². The summed E-state index contributed by atoms with van der Waals surface area (Å²) in [5, 5.41) is 3.40. The SMILES string of the molecule is CCN1C(=O)C2C(c3ccccc3C)NC(CCSC)(C(=O)OC)C2C1=O. The van der Waals surface area contributed by atoms with Gasteiger partial charge < -0.3 is 4.74 Å². The van der Waals surface area contributed by atoms with Crippen LogP contribution < -0.4 is 5.32 Å². The second-order valence-corrected chi connectivity index (χ2v) is 8.09. The summed E-state index contributed by atoms with van der Waals surface area (Å²) in [6.07, 6.45) is 2.39. The molecule has 2 amide bonds. The average Bonchev–Trinajstić information content (AvgIpc) is 3.14. The molecule has 1 aromatic rings. The number of ether oxygens (including phenoxy) is 1. The monoisotopic (exact) mass is 390 g/mol. The lowest BCUT2D eigenvalue weighted by atomic mass is 9.77. The lowest BCUT2D eigenvalue weighted by Gasteiger charge is -2.32. The number of imide groups is 1. The zero-order valence-electron chi connectivity index (χ0n) is 16.2. The van der Waals surface area contributed by atoms with Crippen LogP contribution in [0.4, 0.5) is 0 Å². The van der Waals surface area contributed by atoms with Gasteiger partial charge >= 0.3 is 5.97 Å². The minimum absolute atomic E-state index is 0.205. The number of amides is 2. The fourth-order valence-corrected chi connectivity index (χ4v) is 5.07. The number of hydrogen-bond acceptors (Lipinski definition) is 6. The predicted octanol–water partition coefficient (Wildman–Crippen LogP) is 1.93. The molecule has 1 N–H and O–H groups in total. The van der Waals surface area contributed by atoms with E-state index in [1.807, 2.05) is 37.4 Å². The summed E-state index contributed by atoms with van der Waals surface area (Å²) in [5.74, 6) is -1.61. The first kappa shape index (κ1) is 19.9. The highest BCUT2D eigenvalue weighted by Crippen LogP contribution is 2.51. The number of methoxy groups -OCH3 is 1. The highest BCUT2D eigenvalue weighted by molar-refractivity contribution is 7.98. The average molecular weight is 391 g/mol. The Hall–Kier alpha value is -1.86. The molecule has 2 heterocycles. The maximum atomic E-state index is 13.1. The highest BCUT2D eigenvalue weighted by Gasteiger charge is 2.68. The molecule has 0 bridgehead atoms. The number of nitrogens with zero attached hydrogens (tertiary/aromatic N) is 1. The molecular formula is C20H26N2O4S. The quantitative estimate of drug-likeness (QED) is 0.591. The van der Waals surface area contributed by atoms with Crippen molar-refractivity contribution in [1.82, 2.24) is 10.2 Å². The number of thioether (sulfide) groups is 1. The fraction of sp³-hybridized carbons (Fsp3) is 0.550. The summed E-state index contributed by atoms with van der Waals surface area (Å²) in [6.45, 7) is 4.07. The van der Waals surface area contributed by atoms with E-state index in [0.717, 1.165) is 11.1 Å². The zero-order valence-corrected chi connectivity index (χ0v) is 17.0. The summed E-state index contributed by atoms with van der Waals surface area (Å²) in [6, 6.07) is 7.39. The number of esters is 1. The molecular weight excluding hydrogens is 364 g/mol. The summed E-state index contributed by atoms with van der Waals surface area (Å²) in [5.41, 5.74) is 0.780. The molecule has 2 aliphatic heterocycles. The first-order valence-corrected chi connectivity index (χ1v) is 10.6. The number of rotatable bonds is 6. The number of aryl methyl sites for hydroxylation is 1. The summed E-state index contributed by atoms with van der Waals surface area (Å²) < 4.78 is 5.12. The van der Waals surface area contributed by atoms with E-state index in [0.29, 0.717) is 18.7 Å². The third-order valence-electron chi connectivity index (χ3n) is 5.84. The molecule has 2 saturated heterocycles. The van der Waals surface area contributed by atoms with E-state index in [1.54, 1.807) is 18.7 Å². The minimum Gasteiger partial charge on any atom is -0.468 e. The Kier molecular flexibility index (Phi) is 5.63. The molecule has 146 valence electrons. The molecule has 0 saturated carbocycles. The topological polar surface area (TPSA) is 75.7 Å². The lowest BCUT2D eigenvalue weighted by molar-refractivity contribution is -0.154. The third-order valence-corrected chi connectivity index (χ3v) is 6.45. The maximum absolute atomic E-state index is 13.1. The van der Waals surface area contributed by atoms with Crippen LogP contribution in [0, 0.1) is 18.8 Å². The van der Waals surface area contributed by atoms with Crippen molar-refractivity contribution in [2.75, 3.05) is 25.7 Å². The molecule has 4 unspecified atom stereocenters. The van der Waals surface area contributed by atoms with Gasteiger partial charge in [-0.1, -0.05) is 24.3 Å². The van der Waals surface area contributed by atoms with Crippen molar-refractivity contribution >= 4 is 29.5 Å². The lowest BCUT2D eigenvalue weighted by Crippen LogP contribution is -2.56. The first-order chi connectivity index (χ1) is 12.9. The largest absolute Gasteiger partial charge is 0.468 e. The molecule has 0 aromatic heterocycles. The van der Waals surface area contributed by atoms with Gasteiger partial charge in [0.2, 0.25) is 11.8 Å². The Labute approximate surface area is 164 Å². The van der Waals surface area contributed by atoms with Gasteiger partial charge in [0.1, 0.15) is 5.54 Å². The normalized spacial score (nSPS) is 29.9. The van der Waals surface area contributed by atoms with Gasteiger partial charge in [-0.05, 0) is 43.4 Å². The van der Waals surface area contributed by atoms with Crippen LogP contribution in [0.25, 0.3) is 0 Å². The zero-order chi connectivity index (χ0) is 19.8. The third kappa shape index (κ3) is 2.97. The van der Waals surface area contributed by atoms with Gasteiger partial charge in [-0.2, -0.15) is 11.8 Å². The molecule has 7 heteroatoms. The number of carbonyl (C=O) groups excluding carboxylic acids is 3. The van der Waals surface area contributed by atoms with Crippen molar-refractivity contribution in [3.8, 4) is 0 Å². The molecule has 6 nitrogen and oxygen atoms in total. The van der Waals surface area contributed by atoms with Gasteiger partial charge in [0.15, 0.2) is 0 Å². The van der Waals surface area contributed by atoms with Crippen molar-refractivity contribution in [2.24, 2.45) is 11.8 Å². The van der Waals surface area contributed by atoms with Gasteiger partial charge in [0.05, 0.1) is 18.9 Å². The molecule has 0 radical (unpaired) electrons. The van der Waals surface area contributed by atoms with Gasteiger partial charge in [0.25, 0.3) is 0 Å². The van der Waals surface area contributed by atoms with E-state index in [1.165, 1.54) is 12.0 Å². The maximum Gasteiger partial charge on any atom is 0.326 e. The van der Waals surface area contributed by atoms with Crippen LogP contribution >= 0.6 is 11.8 Å². The first-order valence-electron chi connectivity index (χ1n) is 9.18. The van der Waals surface area contributed by atoms with E-state index in [-0.39, 0.29) is 11.8 Å². The van der Waals surface area contributed by atoms with E-state index >= 15 is 0 Å². The van der Waals surface area contributed by atoms with Crippen molar-refractivity contribution in [2.45, 2.75) is 31.8 Å². The van der Waals surface area contributed by atoms with Crippen molar-refractivity contribution < 1.29 is 19.1 Å². The molecule has 4 atom stereocenters. The molecule has 2 fully saturated rings. The number of benzene rings is 1. The van der Waals surface area contributed by atoms with Crippen LogP contribution in [-0.2, 0) is 19.1 Å². The van der Waals surface area contributed by atoms with Crippen LogP contribution in [0.3, 0.4) is 0 Å². The Balaban J connectivity index is 2.16. The number of fused-ring (bicyclic) bond motifs is 1. The Morgan fingerprint density at radius 1 is 1.30 bits per heavy atom. The second-order valence-electron chi connectivity index (χ2n) is 7.11. The number of nitrogens with one attached hydrogen (secondary N) is 1. The van der Waals surface area contributed by atoms with Crippen LogP contribution in [-0.4, -0.2) is 53.9 Å². The molecule has 0 spiro atoms. The summed E-state index contributed by atoms with van der Waals surface area (Å²) >= 11 is 1.60. The van der Waals surface area contributed by atoms with E-state index in [4.69, 9.17) is 4.74 Å². The Morgan fingerprint density at radius 2 is 2.00 bits per heavy atom. The van der Waals surface area contributed by atoms with Crippen molar-refractivity contribution in [1.29, 1.82) is 0 Å². The van der Waals surface area contributed by atoms with Crippen LogP contribution in [0.2, 0.25) is 0 Å².